The van der Waals surface area contributed by atoms with Gasteiger partial charge in [-0.25, -0.2) is 0 Å². The van der Waals surface area contributed by atoms with E-state index in [-0.39, 0.29) is 0 Å². The van der Waals surface area contributed by atoms with Crippen molar-refractivity contribution in [3.63, 3.8) is 0 Å². The molecule has 1 rings (SSSR count). The zero-order chi connectivity index (χ0) is 10.4. The van der Waals surface area contributed by atoms with Gasteiger partial charge >= 0.3 is 0 Å². The lowest BCUT2D eigenvalue weighted by Crippen LogP contribution is -2.32. The quantitative estimate of drug-likeness (QED) is 0.710. The lowest BCUT2D eigenvalue weighted by atomic mass is 10.1. The van der Waals surface area contributed by atoms with Gasteiger partial charge < -0.3 is 10.1 Å². The van der Waals surface area contributed by atoms with Gasteiger partial charge in [0.1, 0.15) is 0 Å². The number of rotatable bonds is 6. The van der Waals surface area contributed by atoms with Crippen molar-refractivity contribution < 1.29 is 4.74 Å². The Hall–Kier alpha value is -0.0800. The Morgan fingerprint density at radius 2 is 2.14 bits per heavy atom. The summed E-state index contributed by atoms with van der Waals surface area (Å²) in [5.74, 6) is 0. The highest BCUT2D eigenvalue weighted by molar-refractivity contribution is 4.68. The van der Waals surface area contributed by atoms with E-state index in [1.807, 2.05) is 0 Å². The molecule has 84 valence electrons. The highest BCUT2D eigenvalue weighted by atomic mass is 16.5. The van der Waals surface area contributed by atoms with Crippen molar-refractivity contribution in [3.05, 3.63) is 0 Å². The molecule has 0 radical (unpaired) electrons. The standard InChI is InChI=1S/C12H25NO/c1-10(2)13-11(3)6-4-7-12-8-5-9-14-12/h10-13H,4-9H2,1-3H3/t11-,12?/m0/s1. The van der Waals surface area contributed by atoms with Gasteiger partial charge in [0.25, 0.3) is 0 Å². The van der Waals surface area contributed by atoms with Gasteiger partial charge in [0.05, 0.1) is 6.10 Å². The summed E-state index contributed by atoms with van der Waals surface area (Å²) in [5, 5.41) is 3.53. The van der Waals surface area contributed by atoms with Crippen molar-refractivity contribution in [2.45, 2.75) is 71.1 Å². The fourth-order valence-corrected chi connectivity index (χ4v) is 2.18. The Labute approximate surface area is 88.4 Å². The second kappa shape index (κ2) is 6.41. The van der Waals surface area contributed by atoms with Crippen LogP contribution >= 0.6 is 0 Å². The van der Waals surface area contributed by atoms with Crippen LogP contribution in [0.3, 0.4) is 0 Å². The molecule has 1 aliphatic rings. The summed E-state index contributed by atoms with van der Waals surface area (Å²) < 4.78 is 5.60. The number of hydrogen-bond acceptors (Lipinski definition) is 2. The minimum atomic E-state index is 0.571. The van der Waals surface area contributed by atoms with E-state index in [4.69, 9.17) is 4.74 Å². The lowest BCUT2D eigenvalue weighted by Gasteiger charge is -2.17. The Balaban J connectivity index is 1.96. The minimum absolute atomic E-state index is 0.571. The van der Waals surface area contributed by atoms with E-state index in [2.05, 4.69) is 26.1 Å². The molecule has 1 saturated heterocycles. The van der Waals surface area contributed by atoms with Crippen LogP contribution in [-0.2, 0) is 4.74 Å². The Bertz CT molecular complexity index is 141. The minimum Gasteiger partial charge on any atom is -0.378 e. The van der Waals surface area contributed by atoms with Crippen LogP contribution in [0.5, 0.6) is 0 Å². The predicted molar refractivity (Wildman–Crippen MR) is 60.6 cm³/mol. The van der Waals surface area contributed by atoms with E-state index < -0.39 is 0 Å². The zero-order valence-corrected chi connectivity index (χ0v) is 9.88. The molecule has 2 heteroatoms. The van der Waals surface area contributed by atoms with Crippen LogP contribution in [0.25, 0.3) is 0 Å². The van der Waals surface area contributed by atoms with Crippen molar-refractivity contribution in [2.24, 2.45) is 0 Å². The summed E-state index contributed by atoms with van der Waals surface area (Å²) in [4.78, 5) is 0. The van der Waals surface area contributed by atoms with E-state index in [1.54, 1.807) is 0 Å². The molecule has 1 unspecified atom stereocenters. The monoisotopic (exact) mass is 199 g/mol. The van der Waals surface area contributed by atoms with Gasteiger partial charge in [0, 0.05) is 18.7 Å². The number of nitrogens with one attached hydrogen (secondary N) is 1. The maximum Gasteiger partial charge on any atom is 0.0576 e. The first-order valence-corrected chi connectivity index (χ1v) is 6.06. The highest BCUT2D eigenvalue weighted by Gasteiger charge is 2.15. The molecular weight excluding hydrogens is 174 g/mol. The van der Waals surface area contributed by atoms with Crippen molar-refractivity contribution in [3.8, 4) is 0 Å². The first-order valence-electron chi connectivity index (χ1n) is 6.06. The summed E-state index contributed by atoms with van der Waals surface area (Å²) in [5.41, 5.74) is 0. The average molecular weight is 199 g/mol. The third kappa shape index (κ3) is 4.97. The van der Waals surface area contributed by atoms with E-state index in [0.29, 0.717) is 18.2 Å². The molecule has 0 amide bonds. The van der Waals surface area contributed by atoms with E-state index in [9.17, 15) is 0 Å². The summed E-state index contributed by atoms with van der Waals surface area (Å²) in [6, 6.07) is 1.25. The van der Waals surface area contributed by atoms with Crippen LogP contribution < -0.4 is 5.32 Å². The normalized spacial score (nSPS) is 24.4. The molecule has 0 aromatic heterocycles. The molecule has 2 nitrogen and oxygen atoms in total. The van der Waals surface area contributed by atoms with Crippen LogP contribution in [0.2, 0.25) is 0 Å². The number of ether oxygens (including phenoxy) is 1. The molecule has 0 spiro atoms. The molecule has 14 heavy (non-hydrogen) atoms. The smallest absolute Gasteiger partial charge is 0.0576 e. The predicted octanol–water partition coefficient (Wildman–Crippen LogP) is 2.72. The first-order chi connectivity index (χ1) is 6.68. The fourth-order valence-electron chi connectivity index (χ4n) is 2.18. The molecule has 1 fully saturated rings. The van der Waals surface area contributed by atoms with E-state index >= 15 is 0 Å². The Morgan fingerprint density at radius 1 is 1.36 bits per heavy atom. The summed E-state index contributed by atoms with van der Waals surface area (Å²) in [6.45, 7) is 7.67. The largest absolute Gasteiger partial charge is 0.378 e. The van der Waals surface area contributed by atoms with Crippen molar-refractivity contribution in [1.82, 2.24) is 5.32 Å². The molecule has 0 saturated carbocycles. The van der Waals surface area contributed by atoms with Crippen LogP contribution in [0.4, 0.5) is 0 Å². The molecule has 0 aromatic carbocycles. The van der Waals surface area contributed by atoms with Gasteiger partial charge in [-0.2, -0.15) is 0 Å². The van der Waals surface area contributed by atoms with Crippen LogP contribution in [0, 0.1) is 0 Å². The third-order valence-electron chi connectivity index (χ3n) is 2.81. The second-order valence-electron chi connectivity index (χ2n) is 4.79. The van der Waals surface area contributed by atoms with Gasteiger partial charge in [0.2, 0.25) is 0 Å². The molecule has 1 aliphatic heterocycles. The fraction of sp³-hybridized carbons (Fsp3) is 1.00. The van der Waals surface area contributed by atoms with Crippen molar-refractivity contribution in [2.75, 3.05) is 6.61 Å². The molecular formula is C12H25NO. The third-order valence-corrected chi connectivity index (χ3v) is 2.81. The van der Waals surface area contributed by atoms with Gasteiger partial charge in [-0.15, -0.1) is 0 Å². The SMILES string of the molecule is CC(C)N[C@@H](C)CCCC1CCCO1. The van der Waals surface area contributed by atoms with Gasteiger partial charge in [-0.3, -0.25) is 0 Å². The molecule has 0 aliphatic carbocycles. The summed E-state index contributed by atoms with van der Waals surface area (Å²) in [7, 11) is 0. The molecule has 0 bridgehead atoms. The molecule has 1 N–H and O–H groups in total. The van der Waals surface area contributed by atoms with Gasteiger partial charge in [-0.1, -0.05) is 13.8 Å². The highest BCUT2D eigenvalue weighted by Crippen LogP contribution is 2.18. The second-order valence-corrected chi connectivity index (χ2v) is 4.79. The van der Waals surface area contributed by atoms with Crippen molar-refractivity contribution in [1.29, 1.82) is 0 Å². The maximum atomic E-state index is 5.60. The van der Waals surface area contributed by atoms with Crippen LogP contribution in [0.1, 0.15) is 52.9 Å². The van der Waals surface area contributed by atoms with Gasteiger partial charge in [-0.05, 0) is 39.0 Å². The Kier molecular flexibility index (Phi) is 5.49. The van der Waals surface area contributed by atoms with Crippen molar-refractivity contribution >= 4 is 0 Å². The molecule has 0 aromatic rings. The summed E-state index contributed by atoms with van der Waals surface area (Å²) in [6.07, 6.45) is 6.95. The Morgan fingerprint density at radius 3 is 2.71 bits per heavy atom. The zero-order valence-electron chi connectivity index (χ0n) is 9.88. The lowest BCUT2D eigenvalue weighted by molar-refractivity contribution is 0.101. The van der Waals surface area contributed by atoms with E-state index in [0.717, 1.165) is 6.61 Å². The average Bonchev–Trinajstić information content (AvgIpc) is 2.55. The van der Waals surface area contributed by atoms with Crippen LogP contribution in [-0.4, -0.2) is 24.8 Å². The summed E-state index contributed by atoms with van der Waals surface area (Å²) >= 11 is 0. The van der Waals surface area contributed by atoms with Gasteiger partial charge in [0.15, 0.2) is 0 Å². The molecule has 2 atom stereocenters. The molecule has 1 heterocycles. The maximum absolute atomic E-state index is 5.60. The van der Waals surface area contributed by atoms with E-state index in [1.165, 1.54) is 32.1 Å². The first kappa shape index (κ1) is 12.0. The number of hydrogen-bond donors (Lipinski definition) is 1. The topological polar surface area (TPSA) is 21.3 Å². The van der Waals surface area contributed by atoms with Crippen LogP contribution in [0.15, 0.2) is 0 Å².